The minimum Gasteiger partial charge on any atom is -0.358 e. The Balaban J connectivity index is 1.45. The van der Waals surface area contributed by atoms with E-state index >= 15 is 0 Å². The van der Waals surface area contributed by atoms with Crippen LogP contribution < -0.4 is 10.6 Å². The van der Waals surface area contributed by atoms with E-state index in [0.29, 0.717) is 39.1 Å². The highest BCUT2D eigenvalue weighted by Gasteiger charge is 2.30. The maximum atomic E-state index is 13.6. The molecule has 0 radical (unpaired) electrons. The van der Waals surface area contributed by atoms with Crippen LogP contribution in [0.15, 0.2) is 53.4 Å². The number of nitro groups is 1. The van der Waals surface area contributed by atoms with Crippen molar-refractivity contribution in [3.8, 4) is 6.07 Å². The maximum Gasteiger partial charge on any atom is 0.392 e. The van der Waals surface area contributed by atoms with Crippen LogP contribution >= 0.6 is 15.9 Å². The Morgan fingerprint density at radius 3 is 2.77 bits per heavy atom. The Labute approximate surface area is 235 Å². The summed E-state index contributed by atoms with van der Waals surface area (Å²) in [4.78, 5) is 39.9. The van der Waals surface area contributed by atoms with Gasteiger partial charge in [0, 0.05) is 24.2 Å². The molecule has 0 aliphatic rings. The molecule has 0 aliphatic heterocycles. The Bertz CT molecular complexity index is 1700. The van der Waals surface area contributed by atoms with Crippen LogP contribution in [0.1, 0.15) is 11.5 Å². The van der Waals surface area contributed by atoms with Crippen LogP contribution in [0.5, 0.6) is 0 Å². The van der Waals surface area contributed by atoms with Gasteiger partial charge in [0.15, 0.2) is 11.8 Å². The molecule has 4 aromatic rings. The lowest BCUT2D eigenvalue weighted by Gasteiger charge is -2.28. The van der Waals surface area contributed by atoms with Crippen molar-refractivity contribution in [2.45, 2.75) is 6.54 Å². The van der Waals surface area contributed by atoms with E-state index in [1.54, 1.807) is 31.3 Å². The minimum atomic E-state index is -0.611. The molecule has 0 unspecified atom stereocenters. The number of quaternary nitrogens is 1. The first kappa shape index (κ1) is 28.2. The van der Waals surface area contributed by atoms with Gasteiger partial charge in [-0.05, 0) is 56.2 Å². The number of fused-ring (bicyclic) bond motifs is 1. The van der Waals surface area contributed by atoms with Crippen LogP contribution in [0, 0.1) is 27.3 Å². The van der Waals surface area contributed by atoms with Gasteiger partial charge in [-0.2, -0.15) is 5.26 Å². The average Bonchev–Trinajstić information content (AvgIpc) is 3.21. The van der Waals surface area contributed by atoms with E-state index in [-0.39, 0.29) is 28.5 Å². The lowest BCUT2D eigenvalue weighted by Crippen LogP contribution is -2.39. The predicted octanol–water partition coefficient (Wildman–Crippen LogP) is 3.95. The van der Waals surface area contributed by atoms with Crippen molar-refractivity contribution >= 4 is 55.9 Å². The zero-order valence-corrected chi connectivity index (χ0v) is 23.2. The van der Waals surface area contributed by atoms with E-state index in [1.807, 2.05) is 20.2 Å². The zero-order valence-electron chi connectivity index (χ0n) is 21.6. The number of aromatic nitrogens is 5. The number of amides is 1. The molecule has 40 heavy (non-hydrogen) atoms. The quantitative estimate of drug-likeness (QED) is 0.124. The van der Waals surface area contributed by atoms with Crippen molar-refractivity contribution in [3.63, 3.8) is 0 Å². The Kier molecular flexibility index (Phi) is 8.12. The Morgan fingerprint density at radius 1 is 1.30 bits per heavy atom. The second-order valence-electron chi connectivity index (χ2n) is 9.36. The van der Waals surface area contributed by atoms with Gasteiger partial charge in [-0.25, -0.2) is 19.3 Å². The number of halogens is 2. The standard InChI is InChI=1S/C25H22BrFN10O3/c1-35-20(25(36(39)40)34-22(35)11-28)13-37(2,3)8-4-5-23(38)33-21-10-16-19(12-29-21)30-14-31-24(16)32-15-6-7-18(27)17(26)9-15/h4-7,9-10,12,14H,8,13H2,1-3H3,(H-,29,30,31,32,33,38)/p+1. The van der Waals surface area contributed by atoms with Crippen LogP contribution in [0.2, 0.25) is 0 Å². The SMILES string of the molecule is Cn1c(C#N)nc([N+](=O)[O-])c1C[N+](C)(C)CC=CC(=O)Nc1cc2c(Nc3ccc(F)c(Br)c3)ncnc2cn1. The summed E-state index contributed by atoms with van der Waals surface area (Å²) in [5.74, 6) is -0.524. The second kappa shape index (κ2) is 11.5. The normalized spacial score (nSPS) is 11.5. The number of carbonyl (C=O) groups is 1. The average molecular weight is 610 g/mol. The smallest absolute Gasteiger partial charge is 0.358 e. The van der Waals surface area contributed by atoms with Gasteiger partial charge in [-0.15, -0.1) is 0 Å². The third kappa shape index (κ3) is 6.42. The van der Waals surface area contributed by atoms with Gasteiger partial charge in [0.1, 0.15) is 30.3 Å². The fourth-order valence-corrected chi connectivity index (χ4v) is 4.24. The maximum absolute atomic E-state index is 13.6. The van der Waals surface area contributed by atoms with Crippen molar-refractivity contribution in [1.29, 1.82) is 5.26 Å². The molecule has 0 bridgehead atoms. The topological polar surface area (TPSA) is 165 Å². The molecule has 3 heterocycles. The lowest BCUT2D eigenvalue weighted by atomic mass is 10.2. The number of nitrogens with one attached hydrogen (secondary N) is 2. The van der Waals surface area contributed by atoms with E-state index in [1.165, 1.54) is 29.2 Å². The molecule has 0 spiro atoms. The highest BCUT2D eigenvalue weighted by molar-refractivity contribution is 9.10. The van der Waals surface area contributed by atoms with Crippen LogP contribution in [-0.4, -0.2) is 60.5 Å². The number of likely N-dealkylation sites (N-methyl/N-ethyl adjacent to an activating group) is 1. The largest absolute Gasteiger partial charge is 0.392 e. The number of hydrogen-bond donors (Lipinski definition) is 2. The van der Waals surface area contributed by atoms with Crippen molar-refractivity contribution in [3.05, 3.63) is 80.9 Å². The molecule has 1 aromatic carbocycles. The number of pyridine rings is 1. The number of benzene rings is 1. The number of nitriles is 1. The summed E-state index contributed by atoms with van der Waals surface area (Å²) in [7, 11) is 5.23. The Morgan fingerprint density at radius 2 is 2.08 bits per heavy atom. The highest BCUT2D eigenvalue weighted by Crippen LogP contribution is 2.27. The third-order valence-electron chi connectivity index (χ3n) is 5.87. The summed E-state index contributed by atoms with van der Waals surface area (Å²) in [5.41, 5.74) is 1.44. The second-order valence-corrected chi connectivity index (χ2v) is 10.2. The number of rotatable bonds is 9. The Hall–Kier alpha value is -4.81. The van der Waals surface area contributed by atoms with E-state index in [2.05, 4.69) is 46.5 Å². The molecule has 3 aromatic heterocycles. The molecule has 15 heteroatoms. The molecule has 0 fully saturated rings. The predicted molar refractivity (Wildman–Crippen MR) is 148 cm³/mol. The molecule has 0 saturated carbocycles. The van der Waals surface area contributed by atoms with E-state index < -0.39 is 16.6 Å². The summed E-state index contributed by atoms with van der Waals surface area (Å²) >= 11 is 3.16. The highest BCUT2D eigenvalue weighted by atomic mass is 79.9. The van der Waals surface area contributed by atoms with Crippen molar-refractivity contribution < 1.29 is 18.6 Å². The van der Waals surface area contributed by atoms with E-state index in [9.17, 15) is 24.6 Å². The van der Waals surface area contributed by atoms with E-state index in [4.69, 9.17) is 0 Å². The molecule has 0 saturated heterocycles. The van der Waals surface area contributed by atoms with Gasteiger partial charge in [0.2, 0.25) is 5.91 Å². The minimum absolute atomic E-state index is 0.0474. The fraction of sp³-hybridized carbons (Fsp3) is 0.200. The van der Waals surface area contributed by atoms with Gasteiger partial charge in [0.25, 0.3) is 0 Å². The molecule has 1 amide bonds. The first-order valence-corrected chi connectivity index (χ1v) is 12.5. The third-order valence-corrected chi connectivity index (χ3v) is 6.48. The first-order chi connectivity index (χ1) is 19.0. The van der Waals surface area contributed by atoms with Gasteiger partial charge in [-0.3, -0.25) is 9.36 Å². The number of nitrogens with zero attached hydrogens (tertiary/aromatic N) is 8. The van der Waals surface area contributed by atoms with Gasteiger partial charge in [0.05, 0.1) is 36.8 Å². The van der Waals surface area contributed by atoms with Gasteiger partial charge in [-0.1, -0.05) is 0 Å². The van der Waals surface area contributed by atoms with Crippen LogP contribution in [0.25, 0.3) is 10.9 Å². The van der Waals surface area contributed by atoms with Crippen molar-refractivity contribution in [2.24, 2.45) is 7.05 Å². The molecule has 4 rings (SSSR count). The van der Waals surface area contributed by atoms with Gasteiger partial charge >= 0.3 is 11.6 Å². The van der Waals surface area contributed by atoms with Crippen molar-refractivity contribution in [1.82, 2.24) is 24.5 Å². The number of imidazole rings is 1. The van der Waals surface area contributed by atoms with Crippen LogP contribution in [0.4, 0.5) is 27.5 Å². The summed E-state index contributed by atoms with van der Waals surface area (Å²) in [6.07, 6.45) is 5.86. The fourth-order valence-electron chi connectivity index (χ4n) is 3.86. The molecular formula is C25H23BrFN10O3+. The molecule has 204 valence electrons. The van der Waals surface area contributed by atoms with E-state index in [0.717, 1.165) is 0 Å². The molecule has 2 N–H and O–H groups in total. The molecule has 13 nitrogen and oxygen atoms in total. The summed E-state index contributed by atoms with van der Waals surface area (Å²) < 4.78 is 15.6. The lowest BCUT2D eigenvalue weighted by molar-refractivity contribution is -0.898. The van der Waals surface area contributed by atoms with Crippen LogP contribution in [0.3, 0.4) is 0 Å². The number of carbonyl (C=O) groups excluding carboxylic acids is 1. The molecular weight excluding hydrogens is 587 g/mol. The number of anilines is 3. The summed E-state index contributed by atoms with van der Waals surface area (Å²) in [6.45, 7) is 0.567. The molecule has 0 atom stereocenters. The summed E-state index contributed by atoms with van der Waals surface area (Å²) in [5, 5.41) is 27.0. The van der Waals surface area contributed by atoms with Gasteiger partial charge < -0.3 is 25.2 Å². The van der Waals surface area contributed by atoms with Crippen LogP contribution in [-0.2, 0) is 18.4 Å². The van der Waals surface area contributed by atoms with Crippen molar-refractivity contribution in [2.75, 3.05) is 31.3 Å². The first-order valence-electron chi connectivity index (χ1n) is 11.7. The zero-order chi connectivity index (χ0) is 29.0. The monoisotopic (exact) mass is 609 g/mol. The summed E-state index contributed by atoms with van der Waals surface area (Å²) in [6, 6.07) is 7.93. The number of hydrogen-bond acceptors (Lipinski definition) is 9. The molecule has 0 aliphatic carbocycles.